The van der Waals surface area contributed by atoms with Gasteiger partial charge in [-0.05, 0) is 31.2 Å². The van der Waals surface area contributed by atoms with Crippen LogP contribution in [0, 0.1) is 11.3 Å². The van der Waals surface area contributed by atoms with Crippen LogP contribution >= 0.6 is 0 Å². The zero-order valence-electron chi connectivity index (χ0n) is 9.71. The molecule has 5 nitrogen and oxygen atoms in total. The molecule has 0 aliphatic heterocycles. The molecule has 0 atom stereocenters. The summed E-state index contributed by atoms with van der Waals surface area (Å²) < 4.78 is 0. The Hall–Kier alpha value is -2.74. The van der Waals surface area contributed by atoms with E-state index in [2.05, 4.69) is 15.3 Å². The van der Waals surface area contributed by atoms with Crippen LogP contribution in [0.25, 0.3) is 0 Å². The minimum Gasteiger partial charge on any atom is -0.339 e. The van der Waals surface area contributed by atoms with Crippen LogP contribution in [0.3, 0.4) is 0 Å². The number of carbonyl (C=O) groups excluding carboxylic acids is 1. The maximum atomic E-state index is 11.1. The van der Waals surface area contributed by atoms with Gasteiger partial charge in [0.2, 0.25) is 0 Å². The first-order valence-electron chi connectivity index (χ1n) is 5.29. The Kier molecular flexibility index (Phi) is 3.30. The highest BCUT2D eigenvalue weighted by atomic mass is 16.1. The molecule has 1 aromatic heterocycles. The van der Waals surface area contributed by atoms with E-state index in [4.69, 9.17) is 5.26 Å². The summed E-state index contributed by atoms with van der Waals surface area (Å²) in [6, 6.07) is 8.97. The second-order valence-electron chi connectivity index (χ2n) is 3.66. The molecule has 0 saturated carbocycles. The highest BCUT2D eigenvalue weighted by Gasteiger charge is 2.04. The lowest BCUT2D eigenvalue weighted by atomic mass is 10.1. The number of carbonyl (C=O) groups is 1. The number of aromatic nitrogens is 2. The molecule has 0 aliphatic rings. The number of nitrogens with one attached hydrogen (secondary N) is 1. The fourth-order valence-electron chi connectivity index (χ4n) is 1.44. The van der Waals surface area contributed by atoms with Crippen molar-refractivity contribution in [1.82, 2.24) is 9.97 Å². The Bertz CT molecular complexity index is 614. The Balaban J connectivity index is 2.24. The van der Waals surface area contributed by atoms with Gasteiger partial charge in [-0.2, -0.15) is 5.26 Å². The lowest BCUT2D eigenvalue weighted by Gasteiger charge is -2.06. The molecule has 0 radical (unpaired) electrons. The summed E-state index contributed by atoms with van der Waals surface area (Å²) in [6.45, 7) is 1.51. The van der Waals surface area contributed by atoms with Gasteiger partial charge in [-0.3, -0.25) is 4.79 Å². The molecule has 88 valence electrons. The standard InChI is InChI=1S/C13H10N4O/c1-9(18)10-2-4-12(5-3-10)17-13-11(6-14)7-15-8-16-13/h2-5,7-8H,1H3,(H,15,16,17). The number of hydrogen-bond donors (Lipinski definition) is 1. The van der Waals surface area contributed by atoms with Crippen molar-refractivity contribution in [1.29, 1.82) is 5.26 Å². The van der Waals surface area contributed by atoms with Crippen LogP contribution in [0.5, 0.6) is 0 Å². The number of anilines is 2. The maximum absolute atomic E-state index is 11.1. The number of ketones is 1. The van der Waals surface area contributed by atoms with E-state index in [1.54, 1.807) is 24.3 Å². The van der Waals surface area contributed by atoms with Gasteiger partial charge in [-0.1, -0.05) is 0 Å². The summed E-state index contributed by atoms with van der Waals surface area (Å²) in [5, 5.41) is 11.9. The van der Waals surface area contributed by atoms with Gasteiger partial charge >= 0.3 is 0 Å². The van der Waals surface area contributed by atoms with Gasteiger partial charge in [-0.15, -0.1) is 0 Å². The van der Waals surface area contributed by atoms with Crippen molar-refractivity contribution < 1.29 is 4.79 Å². The van der Waals surface area contributed by atoms with Gasteiger partial charge in [0.05, 0.1) is 6.20 Å². The number of Topliss-reactive ketones (excluding diaryl/α,β-unsaturated/α-hetero) is 1. The van der Waals surface area contributed by atoms with Gasteiger partial charge in [0, 0.05) is 11.3 Å². The van der Waals surface area contributed by atoms with E-state index in [0.717, 1.165) is 5.69 Å². The predicted molar refractivity (Wildman–Crippen MR) is 66.5 cm³/mol. The summed E-state index contributed by atoms with van der Waals surface area (Å²) >= 11 is 0. The van der Waals surface area contributed by atoms with Crippen LogP contribution in [-0.4, -0.2) is 15.8 Å². The summed E-state index contributed by atoms with van der Waals surface area (Å²) in [5.41, 5.74) is 1.77. The van der Waals surface area contributed by atoms with Crippen LogP contribution in [0.2, 0.25) is 0 Å². The monoisotopic (exact) mass is 238 g/mol. The lowest BCUT2D eigenvalue weighted by molar-refractivity contribution is 0.101. The molecule has 0 aliphatic carbocycles. The van der Waals surface area contributed by atoms with E-state index in [-0.39, 0.29) is 5.78 Å². The molecular formula is C13H10N4O. The number of nitrogens with zero attached hydrogens (tertiary/aromatic N) is 3. The number of benzene rings is 1. The van der Waals surface area contributed by atoms with Gasteiger partial charge in [0.1, 0.15) is 18.0 Å². The number of nitriles is 1. The van der Waals surface area contributed by atoms with Crippen molar-refractivity contribution in [3.8, 4) is 6.07 Å². The molecule has 2 rings (SSSR count). The largest absolute Gasteiger partial charge is 0.339 e. The SMILES string of the molecule is CC(=O)c1ccc(Nc2ncncc2C#N)cc1. The van der Waals surface area contributed by atoms with Gasteiger partial charge < -0.3 is 5.32 Å². The van der Waals surface area contributed by atoms with Crippen LogP contribution in [0.4, 0.5) is 11.5 Å². The zero-order chi connectivity index (χ0) is 13.0. The van der Waals surface area contributed by atoms with Crippen molar-refractivity contribution in [2.75, 3.05) is 5.32 Å². The van der Waals surface area contributed by atoms with E-state index in [1.807, 2.05) is 6.07 Å². The van der Waals surface area contributed by atoms with E-state index in [0.29, 0.717) is 16.9 Å². The fraction of sp³-hybridized carbons (Fsp3) is 0.0769. The summed E-state index contributed by atoms with van der Waals surface area (Å²) in [4.78, 5) is 18.9. The molecule has 1 heterocycles. The third-order valence-electron chi connectivity index (χ3n) is 2.39. The average molecular weight is 238 g/mol. The van der Waals surface area contributed by atoms with Crippen LogP contribution < -0.4 is 5.32 Å². The van der Waals surface area contributed by atoms with Crippen molar-refractivity contribution in [3.05, 3.63) is 47.9 Å². The highest BCUT2D eigenvalue weighted by Crippen LogP contribution is 2.17. The van der Waals surface area contributed by atoms with Crippen molar-refractivity contribution in [2.45, 2.75) is 6.92 Å². The fourth-order valence-corrected chi connectivity index (χ4v) is 1.44. The first-order valence-corrected chi connectivity index (χ1v) is 5.29. The molecule has 0 bridgehead atoms. The summed E-state index contributed by atoms with van der Waals surface area (Å²) in [6.07, 6.45) is 2.81. The van der Waals surface area contributed by atoms with Crippen LogP contribution in [0.15, 0.2) is 36.8 Å². The molecule has 0 fully saturated rings. The Morgan fingerprint density at radius 1 is 1.33 bits per heavy atom. The molecule has 1 aromatic carbocycles. The maximum Gasteiger partial charge on any atom is 0.159 e. The second kappa shape index (κ2) is 5.06. The van der Waals surface area contributed by atoms with E-state index in [9.17, 15) is 4.79 Å². The third kappa shape index (κ3) is 2.50. The van der Waals surface area contributed by atoms with Gasteiger partial charge in [0.15, 0.2) is 11.6 Å². The van der Waals surface area contributed by atoms with Gasteiger partial charge in [0.25, 0.3) is 0 Å². The van der Waals surface area contributed by atoms with Crippen LogP contribution in [0.1, 0.15) is 22.8 Å². The van der Waals surface area contributed by atoms with E-state index >= 15 is 0 Å². The molecule has 5 heteroatoms. The Morgan fingerprint density at radius 2 is 2.06 bits per heavy atom. The molecular weight excluding hydrogens is 228 g/mol. The van der Waals surface area contributed by atoms with Crippen molar-refractivity contribution in [3.63, 3.8) is 0 Å². The average Bonchev–Trinajstić information content (AvgIpc) is 2.40. The Morgan fingerprint density at radius 3 is 2.67 bits per heavy atom. The predicted octanol–water partition coefficient (Wildman–Crippen LogP) is 2.29. The molecule has 2 aromatic rings. The van der Waals surface area contributed by atoms with Crippen LogP contribution in [-0.2, 0) is 0 Å². The quantitative estimate of drug-likeness (QED) is 0.830. The third-order valence-corrected chi connectivity index (χ3v) is 2.39. The molecule has 0 spiro atoms. The van der Waals surface area contributed by atoms with E-state index in [1.165, 1.54) is 19.4 Å². The first kappa shape index (κ1) is 11.7. The number of rotatable bonds is 3. The van der Waals surface area contributed by atoms with Crippen molar-refractivity contribution >= 4 is 17.3 Å². The Labute approximate surface area is 104 Å². The minimum absolute atomic E-state index is 0.0151. The highest BCUT2D eigenvalue weighted by molar-refractivity contribution is 5.94. The first-order chi connectivity index (χ1) is 8.70. The van der Waals surface area contributed by atoms with Crippen molar-refractivity contribution in [2.24, 2.45) is 0 Å². The smallest absolute Gasteiger partial charge is 0.159 e. The van der Waals surface area contributed by atoms with Gasteiger partial charge in [-0.25, -0.2) is 9.97 Å². The number of hydrogen-bond acceptors (Lipinski definition) is 5. The molecule has 0 amide bonds. The molecule has 1 N–H and O–H groups in total. The molecule has 18 heavy (non-hydrogen) atoms. The minimum atomic E-state index is 0.0151. The topological polar surface area (TPSA) is 78.7 Å². The zero-order valence-corrected chi connectivity index (χ0v) is 9.71. The molecule has 0 unspecified atom stereocenters. The van der Waals surface area contributed by atoms with E-state index < -0.39 is 0 Å². The molecule has 0 saturated heterocycles. The second-order valence-corrected chi connectivity index (χ2v) is 3.66. The lowest BCUT2D eigenvalue weighted by Crippen LogP contribution is -1.98. The normalized spacial score (nSPS) is 9.56. The summed E-state index contributed by atoms with van der Waals surface area (Å²) in [7, 11) is 0. The summed E-state index contributed by atoms with van der Waals surface area (Å²) in [5.74, 6) is 0.462.